The maximum Gasteiger partial charge on any atom is -0.0244 e. The highest BCUT2D eigenvalue weighted by Gasteiger charge is 2.54. The Hall–Kier alpha value is 0. The van der Waals surface area contributed by atoms with Gasteiger partial charge in [0.05, 0.1) is 0 Å². The molecule has 0 spiro atoms. The molecule has 2 fully saturated rings. The lowest BCUT2D eigenvalue weighted by molar-refractivity contribution is -0.0134. The van der Waals surface area contributed by atoms with Gasteiger partial charge in [0.1, 0.15) is 0 Å². The van der Waals surface area contributed by atoms with Crippen LogP contribution in [-0.4, -0.2) is 0 Å². The second kappa shape index (κ2) is 7.93. The van der Waals surface area contributed by atoms with Crippen LogP contribution in [0.3, 0.4) is 0 Å². The highest BCUT2D eigenvalue weighted by Crippen LogP contribution is 2.63. The quantitative estimate of drug-likeness (QED) is 0.432. The topological polar surface area (TPSA) is 0 Å². The Labute approximate surface area is 159 Å². The fourth-order valence-electron chi connectivity index (χ4n) is 7.27. The SMILES string of the molecule is CCCC1(C)C(C)CCC1(C)C(C)C[C@H](CC)C1CCCCC1(C)C. The van der Waals surface area contributed by atoms with Crippen molar-refractivity contribution in [1.82, 2.24) is 0 Å². The van der Waals surface area contributed by atoms with Crippen molar-refractivity contribution < 1.29 is 0 Å². The van der Waals surface area contributed by atoms with Gasteiger partial charge in [-0.05, 0) is 78.4 Å². The molecule has 0 aliphatic heterocycles. The van der Waals surface area contributed by atoms with Crippen molar-refractivity contribution in [1.29, 1.82) is 0 Å². The van der Waals surface area contributed by atoms with Gasteiger partial charge in [0, 0.05) is 0 Å². The summed E-state index contributed by atoms with van der Waals surface area (Å²) in [6.07, 6.45) is 14.4. The smallest absolute Gasteiger partial charge is 0.0244 e. The summed E-state index contributed by atoms with van der Waals surface area (Å²) in [6.45, 7) is 20.4. The molecular formula is C25H48. The fourth-order valence-corrected chi connectivity index (χ4v) is 7.27. The molecule has 0 heterocycles. The molecule has 5 unspecified atom stereocenters. The molecule has 2 aliphatic carbocycles. The first-order valence-corrected chi connectivity index (χ1v) is 11.6. The third-order valence-corrected chi connectivity index (χ3v) is 9.69. The predicted molar refractivity (Wildman–Crippen MR) is 113 cm³/mol. The Balaban J connectivity index is 2.17. The highest BCUT2D eigenvalue weighted by atomic mass is 14.6. The van der Waals surface area contributed by atoms with Gasteiger partial charge in [-0.25, -0.2) is 0 Å². The van der Waals surface area contributed by atoms with Gasteiger partial charge in [-0.3, -0.25) is 0 Å². The maximum atomic E-state index is 2.66. The van der Waals surface area contributed by atoms with E-state index in [-0.39, 0.29) is 0 Å². The van der Waals surface area contributed by atoms with E-state index in [4.69, 9.17) is 0 Å². The largest absolute Gasteiger partial charge is 0.0654 e. The van der Waals surface area contributed by atoms with E-state index in [0.717, 1.165) is 23.7 Å². The summed E-state index contributed by atoms with van der Waals surface area (Å²) in [4.78, 5) is 0. The van der Waals surface area contributed by atoms with Crippen LogP contribution < -0.4 is 0 Å². The molecule has 0 nitrogen and oxygen atoms in total. The minimum Gasteiger partial charge on any atom is -0.0654 e. The molecule has 6 atom stereocenters. The van der Waals surface area contributed by atoms with Crippen molar-refractivity contribution >= 4 is 0 Å². The lowest BCUT2D eigenvalue weighted by atomic mass is 9.54. The number of hydrogen-bond acceptors (Lipinski definition) is 0. The predicted octanol–water partition coefficient (Wildman–Crippen LogP) is 8.50. The first-order chi connectivity index (χ1) is 11.6. The molecule has 0 aromatic rings. The first kappa shape index (κ1) is 21.3. The van der Waals surface area contributed by atoms with E-state index >= 15 is 0 Å². The van der Waals surface area contributed by atoms with E-state index in [1.807, 2.05) is 0 Å². The molecule has 25 heavy (non-hydrogen) atoms. The Morgan fingerprint density at radius 1 is 0.960 bits per heavy atom. The van der Waals surface area contributed by atoms with Crippen LogP contribution in [0.2, 0.25) is 0 Å². The van der Waals surface area contributed by atoms with Gasteiger partial charge in [0.2, 0.25) is 0 Å². The molecule has 2 aliphatic rings. The highest BCUT2D eigenvalue weighted by molar-refractivity contribution is 5.04. The van der Waals surface area contributed by atoms with E-state index in [0.29, 0.717) is 16.2 Å². The van der Waals surface area contributed by atoms with E-state index in [1.165, 1.54) is 64.2 Å². The minimum atomic E-state index is 0.536. The minimum absolute atomic E-state index is 0.536. The van der Waals surface area contributed by atoms with Gasteiger partial charge >= 0.3 is 0 Å². The van der Waals surface area contributed by atoms with Crippen molar-refractivity contribution in [2.24, 2.45) is 39.9 Å². The molecule has 2 saturated carbocycles. The Bertz CT molecular complexity index is 422. The van der Waals surface area contributed by atoms with Crippen molar-refractivity contribution in [2.75, 3.05) is 0 Å². The molecule has 2 rings (SSSR count). The molecule has 0 aromatic carbocycles. The molecule has 0 aromatic heterocycles. The van der Waals surface area contributed by atoms with Crippen LogP contribution in [0.15, 0.2) is 0 Å². The molecule has 0 amide bonds. The first-order valence-electron chi connectivity index (χ1n) is 11.6. The Morgan fingerprint density at radius 3 is 2.20 bits per heavy atom. The maximum absolute atomic E-state index is 2.66. The second-order valence-electron chi connectivity index (χ2n) is 11.2. The summed E-state index contributed by atoms with van der Waals surface area (Å²) in [7, 11) is 0. The number of rotatable bonds is 7. The number of hydrogen-bond donors (Lipinski definition) is 0. The summed E-state index contributed by atoms with van der Waals surface area (Å²) in [5, 5.41) is 0. The van der Waals surface area contributed by atoms with Crippen molar-refractivity contribution in [3.05, 3.63) is 0 Å². The van der Waals surface area contributed by atoms with Crippen LogP contribution >= 0.6 is 0 Å². The summed E-state index contributed by atoms with van der Waals surface area (Å²) >= 11 is 0. The summed E-state index contributed by atoms with van der Waals surface area (Å²) in [6, 6.07) is 0. The summed E-state index contributed by atoms with van der Waals surface area (Å²) in [5.74, 6) is 3.64. The van der Waals surface area contributed by atoms with E-state index in [2.05, 4.69) is 55.4 Å². The zero-order valence-corrected chi connectivity index (χ0v) is 18.9. The molecule has 148 valence electrons. The average Bonchev–Trinajstić information content (AvgIpc) is 2.78. The fraction of sp³-hybridized carbons (Fsp3) is 1.00. The van der Waals surface area contributed by atoms with Gasteiger partial charge in [-0.15, -0.1) is 0 Å². The van der Waals surface area contributed by atoms with Crippen LogP contribution in [0.5, 0.6) is 0 Å². The van der Waals surface area contributed by atoms with Crippen LogP contribution in [0.4, 0.5) is 0 Å². The van der Waals surface area contributed by atoms with Crippen molar-refractivity contribution in [3.8, 4) is 0 Å². The van der Waals surface area contributed by atoms with Crippen molar-refractivity contribution in [3.63, 3.8) is 0 Å². The van der Waals surface area contributed by atoms with Crippen LogP contribution in [0.1, 0.15) is 120 Å². The van der Waals surface area contributed by atoms with Crippen molar-refractivity contribution in [2.45, 2.75) is 120 Å². The third-order valence-electron chi connectivity index (χ3n) is 9.69. The van der Waals surface area contributed by atoms with Gasteiger partial charge in [0.15, 0.2) is 0 Å². The molecule has 0 bridgehead atoms. The van der Waals surface area contributed by atoms with Gasteiger partial charge in [-0.1, -0.05) is 81.1 Å². The van der Waals surface area contributed by atoms with Crippen LogP contribution in [0, 0.1) is 39.9 Å². The third kappa shape index (κ3) is 3.84. The summed E-state index contributed by atoms with van der Waals surface area (Å²) in [5.41, 5.74) is 1.64. The van der Waals surface area contributed by atoms with Gasteiger partial charge in [0.25, 0.3) is 0 Å². The van der Waals surface area contributed by atoms with Gasteiger partial charge < -0.3 is 0 Å². The van der Waals surface area contributed by atoms with E-state index in [9.17, 15) is 0 Å². The molecule has 0 saturated heterocycles. The van der Waals surface area contributed by atoms with Crippen LogP contribution in [0.25, 0.3) is 0 Å². The Kier molecular flexibility index (Phi) is 6.76. The second-order valence-corrected chi connectivity index (χ2v) is 11.2. The molecule has 0 heteroatoms. The Morgan fingerprint density at radius 2 is 1.64 bits per heavy atom. The average molecular weight is 349 g/mol. The lowest BCUT2D eigenvalue weighted by Gasteiger charge is -2.50. The normalized spacial score (nSPS) is 40.8. The van der Waals surface area contributed by atoms with Gasteiger partial charge in [-0.2, -0.15) is 0 Å². The molecule has 0 radical (unpaired) electrons. The van der Waals surface area contributed by atoms with E-state index < -0.39 is 0 Å². The molecular weight excluding hydrogens is 300 g/mol. The van der Waals surface area contributed by atoms with Crippen LogP contribution in [-0.2, 0) is 0 Å². The lowest BCUT2D eigenvalue weighted by Crippen LogP contribution is -2.43. The summed E-state index contributed by atoms with van der Waals surface area (Å²) < 4.78 is 0. The standard InChI is InChI=1S/C25H48/c1-9-15-24(7)19(3)14-17-25(24,8)20(4)18-21(10-2)22-13-11-12-16-23(22,5)6/h19-22H,9-18H2,1-8H3/t19?,20?,21-,22?,24?,25?/m0/s1. The molecule has 0 N–H and O–H groups in total. The monoisotopic (exact) mass is 348 g/mol. The zero-order chi connectivity index (χ0) is 18.9. The van der Waals surface area contributed by atoms with E-state index in [1.54, 1.807) is 0 Å². The zero-order valence-electron chi connectivity index (χ0n) is 18.9.